The van der Waals surface area contributed by atoms with Crippen LogP contribution in [-0.4, -0.2) is 16.1 Å². The predicted octanol–water partition coefficient (Wildman–Crippen LogP) is 2.75. The summed E-state index contributed by atoms with van der Waals surface area (Å²) < 4.78 is 0. The molecule has 0 N–H and O–H groups in total. The molecule has 0 heterocycles. The third-order valence-electron chi connectivity index (χ3n) is 2.16. The molecule has 0 bridgehead atoms. The minimum absolute atomic E-state index is 1.19. The Morgan fingerprint density at radius 3 is 1.25 bits per heavy atom. The summed E-state index contributed by atoms with van der Waals surface area (Å²) in [5, 5.41) is 0. The normalized spacial score (nSPS) is 11.8. The largest absolute Gasteiger partial charge is 0.135 e. The van der Waals surface area contributed by atoms with Gasteiger partial charge in [0.2, 0.25) is 0 Å². The van der Waals surface area contributed by atoms with Crippen molar-refractivity contribution in [3.8, 4) is 23.9 Å². The Labute approximate surface area is 78.8 Å². The van der Waals surface area contributed by atoms with Gasteiger partial charge in [-0.2, -0.15) is 0 Å². The number of hydrogen-bond donors (Lipinski definition) is 0. The molecule has 0 aliphatic heterocycles. The minimum Gasteiger partial charge on any atom is -0.135 e. The predicted molar refractivity (Wildman–Crippen MR) is 62.2 cm³/mol. The van der Waals surface area contributed by atoms with Crippen LogP contribution in [0.5, 0.6) is 0 Å². The summed E-state index contributed by atoms with van der Waals surface area (Å²) in [7, 11) is -2.67. The fourth-order valence-electron chi connectivity index (χ4n) is 0.769. The zero-order chi connectivity index (χ0) is 9.83. The summed E-state index contributed by atoms with van der Waals surface area (Å²) in [6.07, 6.45) is 10.9. The highest BCUT2D eigenvalue weighted by molar-refractivity contribution is 6.89. The zero-order valence-electron chi connectivity index (χ0n) is 8.57. The second kappa shape index (κ2) is 3.98. The fraction of sp³-hybridized carbons (Fsp3) is 0.600. The van der Waals surface area contributed by atoms with E-state index in [-0.39, 0.29) is 0 Å². The third-order valence-corrected chi connectivity index (χ3v) is 7.22. The van der Waals surface area contributed by atoms with E-state index in [4.69, 9.17) is 12.8 Å². The number of terminal acetylenes is 2. The zero-order valence-corrected chi connectivity index (χ0v) is 10.6. The van der Waals surface area contributed by atoms with Crippen LogP contribution in [0.4, 0.5) is 0 Å². The lowest BCUT2D eigenvalue weighted by Gasteiger charge is -2.20. The summed E-state index contributed by atoms with van der Waals surface area (Å²) >= 11 is 0. The average Bonchev–Trinajstić information content (AvgIpc) is 2.02. The molecule has 0 aliphatic rings. The second-order valence-electron chi connectivity index (χ2n) is 4.56. The highest BCUT2D eigenvalue weighted by Crippen LogP contribution is 2.18. The van der Waals surface area contributed by atoms with Crippen LogP contribution in [0.15, 0.2) is 0 Å². The van der Waals surface area contributed by atoms with Gasteiger partial charge in [0, 0.05) is 0 Å². The Morgan fingerprint density at radius 1 is 0.833 bits per heavy atom. The van der Waals surface area contributed by atoms with Crippen LogP contribution in [0.1, 0.15) is 0 Å². The van der Waals surface area contributed by atoms with Crippen molar-refractivity contribution in [2.75, 3.05) is 0 Å². The molecule has 0 atom stereocenters. The SMILES string of the molecule is C#C[Si](C)(C)CC[Si](C)(C)C#C. The molecule has 0 radical (unpaired) electrons. The molecule has 0 saturated heterocycles. The Bertz CT molecular complexity index is 199. The van der Waals surface area contributed by atoms with Crippen LogP contribution in [0, 0.1) is 23.9 Å². The molecular formula is C10H18Si2. The first-order valence-electron chi connectivity index (χ1n) is 4.28. The highest BCUT2D eigenvalue weighted by Gasteiger charge is 2.24. The van der Waals surface area contributed by atoms with Crippen LogP contribution < -0.4 is 0 Å². The van der Waals surface area contributed by atoms with Crippen molar-refractivity contribution >= 4 is 16.1 Å². The van der Waals surface area contributed by atoms with Gasteiger partial charge in [0.15, 0.2) is 0 Å². The lowest BCUT2D eigenvalue weighted by atomic mass is 10.9. The van der Waals surface area contributed by atoms with Gasteiger partial charge >= 0.3 is 0 Å². The van der Waals surface area contributed by atoms with E-state index in [1.807, 2.05) is 0 Å². The molecule has 0 amide bonds. The van der Waals surface area contributed by atoms with Gasteiger partial charge in [0.25, 0.3) is 0 Å². The van der Waals surface area contributed by atoms with Gasteiger partial charge < -0.3 is 0 Å². The summed E-state index contributed by atoms with van der Waals surface area (Å²) in [6.45, 7) is 8.92. The first-order chi connectivity index (χ1) is 5.33. The summed E-state index contributed by atoms with van der Waals surface area (Å²) in [6, 6.07) is 2.37. The van der Waals surface area contributed by atoms with Crippen LogP contribution in [-0.2, 0) is 0 Å². The Kier molecular flexibility index (Phi) is 3.83. The van der Waals surface area contributed by atoms with Crippen LogP contribution in [0.2, 0.25) is 38.3 Å². The number of hydrogen-bond acceptors (Lipinski definition) is 0. The van der Waals surface area contributed by atoms with Gasteiger partial charge in [0.1, 0.15) is 16.1 Å². The van der Waals surface area contributed by atoms with E-state index < -0.39 is 16.1 Å². The quantitative estimate of drug-likeness (QED) is 0.479. The Morgan fingerprint density at radius 2 is 1.08 bits per heavy atom. The molecular weight excluding hydrogens is 176 g/mol. The lowest BCUT2D eigenvalue weighted by Crippen LogP contribution is -2.30. The Hall–Kier alpha value is -0.446. The molecule has 0 unspecified atom stereocenters. The minimum atomic E-state index is -1.34. The molecule has 0 saturated carbocycles. The van der Waals surface area contributed by atoms with Gasteiger partial charge in [-0.25, -0.2) is 0 Å². The van der Waals surface area contributed by atoms with Gasteiger partial charge in [-0.3, -0.25) is 0 Å². The van der Waals surface area contributed by atoms with Crippen LogP contribution >= 0.6 is 0 Å². The maximum absolute atomic E-state index is 5.45. The lowest BCUT2D eigenvalue weighted by molar-refractivity contribution is 1.31. The van der Waals surface area contributed by atoms with E-state index in [1.165, 1.54) is 12.1 Å². The maximum Gasteiger partial charge on any atom is 0.131 e. The highest BCUT2D eigenvalue weighted by atomic mass is 28.3. The van der Waals surface area contributed by atoms with E-state index in [9.17, 15) is 0 Å². The summed E-state index contributed by atoms with van der Waals surface area (Å²) in [5.74, 6) is 0. The molecule has 66 valence electrons. The molecule has 0 aromatic rings. The van der Waals surface area contributed by atoms with Crippen molar-refractivity contribution in [1.29, 1.82) is 0 Å². The monoisotopic (exact) mass is 194 g/mol. The van der Waals surface area contributed by atoms with Crippen molar-refractivity contribution in [2.45, 2.75) is 38.3 Å². The van der Waals surface area contributed by atoms with Crippen molar-refractivity contribution in [2.24, 2.45) is 0 Å². The standard InChI is InChI=1S/C10H18Si2/c1-7-11(3,4)9-10-12(5,6)8-2/h1-2H,9-10H2,3-6H3. The van der Waals surface area contributed by atoms with Crippen molar-refractivity contribution < 1.29 is 0 Å². The molecule has 12 heavy (non-hydrogen) atoms. The molecule has 0 aliphatic carbocycles. The third kappa shape index (κ3) is 4.44. The van der Waals surface area contributed by atoms with Crippen molar-refractivity contribution in [3.05, 3.63) is 0 Å². The molecule has 0 nitrogen and oxygen atoms in total. The van der Waals surface area contributed by atoms with Gasteiger partial charge in [-0.15, -0.1) is 23.9 Å². The molecule has 0 spiro atoms. The summed E-state index contributed by atoms with van der Waals surface area (Å²) in [4.78, 5) is 0. The van der Waals surface area contributed by atoms with E-state index in [1.54, 1.807) is 0 Å². The van der Waals surface area contributed by atoms with E-state index in [0.29, 0.717) is 0 Å². The summed E-state index contributed by atoms with van der Waals surface area (Å²) in [5.41, 5.74) is 5.86. The van der Waals surface area contributed by atoms with Crippen molar-refractivity contribution in [3.63, 3.8) is 0 Å². The fourth-order valence-corrected chi connectivity index (χ4v) is 6.06. The first kappa shape index (κ1) is 11.6. The topological polar surface area (TPSA) is 0 Å². The average molecular weight is 194 g/mol. The van der Waals surface area contributed by atoms with E-state index in [0.717, 1.165) is 0 Å². The molecule has 0 aromatic carbocycles. The second-order valence-corrected chi connectivity index (χ2v) is 13.7. The molecule has 0 rings (SSSR count). The van der Waals surface area contributed by atoms with Crippen LogP contribution in [0.3, 0.4) is 0 Å². The molecule has 2 heteroatoms. The van der Waals surface area contributed by atoms with Crippen molar-refractivity contribution in [1.82, 2.24) is 0 Å². The first-order valence-corrected chi connectivity index (χ1v) is 10.7. The smallest absolute Gasteiger partial charge is 0.131 e. The molecule has 0 fully saturated rings. The van der Waals surface area contributed by atoms with Crippen LogP contribution in [0.25, 0.3) is 0 Å². The van der Waals surface area contributed by atoms with E-state index in [2.05, 4.69) is 37.3 Å². The number of rotatable bonds is 3. The van der Waals surface area contributed by atoms with Gasteiger partial charge in [0.05, 0.1) is 0 Å². The van der Waals surface area contributed by atoms with Gasteiger partial charge in [-0.1, -0.05) is 26.2 Å². The van der Waals surface area contributed by atoms with E-state index >= 15 is 0 Å². The van der Waals surface area contributed by atoms with Gasteiger partial charge in [-0.05, 0) is 12.1 Å². The molecule has 0 aromatic heterocycles. The maximum atomic E-state index is 5.45. The Balaban J connectivity index is 4.04.